The van der Waals surface area contributed by atoms with Crippen LogP contribution in [0.1, 0.15) is 25.3 Å². The lowest BCUT2D eigenvalue weighted by atomic mass is 10.0. The molecule has 1 atom stereocenters. The summed E-state index contributed by atoms with van der Waals surface area (Å²) in [4.78, 5) is 14.3. The van der Waals surface area contributed by atoms with Crippen molar-refractivity contribution in [1.82, 2.24) is 4.90 Å². The predicted octanol–water partition coefficient (Wildman–Crippen LogP) is 2.53. The second-order valence-corrected chi connectivity index (χ2v) is 5.18. The average molecular weight is 246 g/mol. The van der Waals surface area contributed by atoms with E-state index in [9.17, 15) is 4.79 Å². The monoisotopic (exact) mass is 246 g/mol. The lowest BCUT2D eigenvalue weighted by Gasteiger charge is -2.12. The third-order valence-corrected chi connectivity index (χ3v) is 3.64. The van der Waals surface area contributed by atoms with Gasteiger partial charge in [0.2, 0.25) is 5.91 Å². The van der Waals surface area contributed by atoms with Gasteiger partial charge >= 0.3 is 0 Å². The van der Waals surface area contributed by atoms with Crippen molar-refractivity contribution in [3.8, 4) is 0 Å². The van der Waals surface area contributed by atoms with Crippen LogP contribution in [0.3, 0.4) is 0 Å². The van der Waals surface area contributed by atoms with E-state index >= 15 is 0 Å². The molecule has 1 aromatic carbocycles. The quantitative estimate of drug-likeness (QED) is 0.885. The van der Waals surface area contributed by atoms with Crippen LogP contribution in [-0.4, -0.2) is 30.9 Å². The van der Waals surface area contributed by atoms with E-state index in [1.165, 1.54) is 5.56 Å². The molecule has 1 amide bonds. The number of hydrogen-bond acceptors (Lipinski definition) is 2. The topological polar surface area (TPSA) is 32.3 Å². The van der Waals surface area contributed by atoms with E-state index in [4.69, 9.17) is 0 Å². The van der Waals surface area contributed by atoms with Crippen molar-refractivity contribution >= 4 is 11.6 Å². The van der Waals surface area contributed by atoms with Crippen LogP contribution in [0.2, 0.25) is 0 Å². The number of anilines is 1. The number of aryl methyl sites for hydroxylation is 1. The number of carbonyl (C=O) groups is 1. The molecule has 1 aromatic rings. The third kappa shape index (κ3) is 3.33. The number of nitrogens with one attached hydrogen (secondary N) is 1. The summed E-state index contributed by atoms with van der Waals surface area (Å²) in [6, 6.07) is 8.04. The number of para-hydroxylation sites is 1. The van der Waals surface area contributed by atoms with Gasteiger partial charge in [0.25, 0.3) is 0 Å². The Hall–Kier alpha value is -1.35. The standard InChI is InChI=1S/C15H22N2O/c1-3-13-6-4-5-7-14(13)16-15(18)10-12-8-9-17(2)11-12/h4-7,12H,3,8-11H2,1-2H3,(H,16,18). The van der Waals surface area contributed by atoms with E-state index in [0.717, 1.165) is 31.6 Å². The summed E-state index contributed by atoms with van der Waals surface area (Å²) in [6.45, 7) is 4.27. The minimum atomic E-state index is 0.149. The van der Waals surface area contributed by atoms with Crippen LogP contribution < -0.4 is 5.32 Å². The van der Waals surface area contributed by atoms with E-state index in [-0.39, 0.29) is 5.91 Å². The van der Waals surface area contributed by atoms with Gasteiger partial charge in [0.15, 0.2) is 0 Å². The molecular formula is C15H22N2O. The van der Waals surface area contributed by atoms with E-state index in [0.29, 0.717) is 12.3 Å². The van der Waals surface area contributed by atoms with Crippen LogP contribution in [0, 0.1) is 5.92 Å². The summed E-state index contributed by atoms with van der Waals surface area (Å²) in [5.41, 5.74) is 2.17. The zero-order chi connectivity index (χ0) is 13.0. The number of amides is 1. The normalized spacial score (nSPS) is 20.0. The molecule has 1 fully saturated rings. The highest BCUT2D eigenvalue weighted by atomic mass is 16.1. The molecule has 98 valence electrons. The molecule has 3 nitrogen and oxygen atoms in total. The molecule has 0 bridgehead atoms. The average Bonchev–Trinajstić information content (AvgIpc) is 2.75. The molecule has 0 aliphatic carbocycles. The Kier molecular flexibility index (Phi) is 4.37. The minimum absolute atomic E-state index is 0.149. The lowest BCUT2D eigenvalue weighted by molar-refractivity contribution is -0.117. The first-order valence-electron chi connectivity index (χ1n) is 6.75. The first kappa shape index (κ1) is 13.1. The maximum Gasteiger partial charge on any atom is 0.224 e. The van der Waals surface area contributed by atoms with Gasteiger partial charge < -0.3 is 10.2 Å². The summed E-state index contributed by atoms with van der Waals surface area (Å²) in [5, 5.41) is 3.05. The lowest BCUT2D eigenvalue weighted by Crippen LogP contribution is -2.20. The number of hydrogen-bond donors (Lipinski definition) is 1. The third-order valence-electron chi connectivity index (χ3n) is 3.64. The van der Waals surface area contributed by atoms with Crippen molar-refractivity contribution in [2.75, 3.05) is 25.5 Å². The Balaban J connectivity index is 1.91. The van der Waals surface area contributed by atoms with Crippen LogP contribution in [0.4, 0.5) is 5.69 Å². The second-order valence-electron chi connectivity index (χ2n) is 5.18. The molecule has 1 saturated heterocycles. The molecule has 1 aliphatic heterocycles. The molecule has 1 heterocycles. The van der Waals surface area contributed by atoms with Crippen molar-refractivity contribution in [3.63, 3.8) is 0 Å². The molecule has 0 saturated carbocycles. The van der Waals surface area contributed by atoms with Gasteiger partial charge in [-0.2, -0.15) is 0 Å². The Morgan fingerprint density at radius 3 is 2.89 bits per heavy atom. The second kappa shape index (κ2) is 6.01. The Morgan fingerprint density at radius 2 is 2.22 bits per heavy atom. The largest absolute Gasteiger partial charge is 0.326 e. The van der Waals surface area contributed by atoms with Gasteiger partial charge in [-0.3, -0.25) is 4.79 Å². The number of nitrogens with zero attached hydrogens (tertiary/aromatic N) is 1. The van der Waals surface area contributed by atoms with Crippen molar-refractivity contribution in [2.24, 2.45) is 5.92 Å². The minimum Gasteiger partial charge on any atom is -0.326 e. The predicted molar refractivity (Wildman–Crippen MR) is 74.7 cm³/mol. The zero-order valence-electron chi connectivity index (χ0n) is 11.3. The summed E-state index contributed by atoms with van der Waals surface area (Å²) in [7, 11) is 2.12. The van der Waals surface area contributed by atoms with E-state index in [2.05, 4.69) is 30.3 Å². The van der Waals surface area contributed by atoms with Gasteiger partial charge in [-0.15, -0.1) is 0 Å². The van der Waals surface area contributed by atoms with Gasteiger partial charge in [-0.05, 0) is 44.0 Å². The fourth-order valence-corrected chi connectivity index (χ4v) is 2.61. The van der Waals surface area contributed by atoms with Crippen molar-refractivity contribution < 1.29 is 4.79 Å². The summed E-state index contributed by atoms with van der Waals surface area (Å²) in [5.74, 6) is 0.667. The first-order valence-corrected chi connectivity index (χ1v) is 6.75. The summed E-state index contributed by atoms with van der Waals surface area (Å²) in [6.07, 6.45) is 2.73. The first-order chi connectivity index (χ1) is 8.69. The van der Waals surface area contributed by atoms with Gasteiger partial charge in [-0.1, -0.05) is 25.1 Å². The van der Waals surface area contributed by atoms with Gasteiger partial charge in [0, 0.05) is 18.7 Å². The maximum atomic E-state index is 12.0. The Labute approximate surface area is 109 Å². The van der Waals surface area contributed by atoms with Crippen LogP contribution in [0.25, 0.3) is 0 Å². The SMILES string of the molecule is CCc1ccccc1NC(=O)CC1CCN(C)C1. The summed E-state index contributed by atoms with van der Waals surface area (Å²) < 4.78 is 0. The number of carbonyl (C=O) groups excluding carboxylic acids is 1. The van der Waals surface area contributed by atoms with Crippen LogP contribution >= 0.6 is 0 Å². The van der Waals surface area contributed by atoms with E-state index in [1.807, 2.05) is 18.2 Å². The van der Waals surface area contributed by atoms with Crippen LogP contribution in [-0.2, 0) is 11.2 Å². The van der Waals surface area contributed by atoms with Crippen LogP contribution in [0.5, 0.6) is 0 Å². The van der Waals surface area contributed by atoms with Crippen molar-refractivity contribution in [1.29, 1.82) is 0 Å². The summed E-state index contributed by atoms with van der Waals surface area (Å²) >= 11 is 0. The molecule has 1 unspecified atom stereocenters. The highest BCUT2D eigenvalue weighted by Crippen LogP contribution is 2.20. The fourth-order valence-electron chi connectivity index (χ4n) is 2.61. The highest BCUT2D eigenvalue weighted by Gasteiger charge is 2.22. The molecular weight excluding hydrogens is 224 g/mol. The molecule has 0 radical (unpaired) electrons. The number of likely N-dealkylation sites (tertiary alicyclic amines) is 1. The molecule has 1 N–H and O–H groups in total. The molecule has 3 heteroatoms. The Morgan fingerprint density at radius 1 is 1.44 bits per heavy atom. The van der Waals surface area contributed by atoms with Crippen molar-refractivity contribution in [2.45, 2.75) is 26.2 Å². The molecule has 0 spiro atoms. The zero-order valence-corrected chi connectivity index (χ0v) is 11.3. The fraction of sp³-hybridized carbons (Fsp3) is 0.533. The van der Waals surface area contributed by atoms with Crippen LogP contribution in [0.15, 0.2) is 24.3 Å². The Bertz CT molecular complexity index is 417. The number of rotatable bonds is 4. The molecule has 1 aliphatic rings. The van der Waals surface area contributed by atoms with Gasteiger partial charge in [0.1, 0.15) is 0 Å². The van der Waals surface area contributed by atoms with Crippen molar-refractivity contribution in [3.05, 3.63) is 29.8 Å². The van der Waals surface area contributed by atoms with Gasteiger partial charge in [-0.25, -0.2) is 0 Å². The maximum absolute atomic E-state index is 12.0. The van der Waals surface area contributed by atoms with E-state index < -0.39 is 0 Å². The highest BCUT2D eigenvalue weighted by molar-refractivity contribution is 5.91. The molecule has 2 rings (SSSR count). The van der Waals surface area contributed by atoms with Gasteiger partial charge in [0.05, 0.1) is 0 Å². The number of benzene rings is 1. The molecule has 18 heavy (non-hydrogen) atoms. The molecule has 0 aromatic heterocycles. The smallest absolute Gasteiger partial charge is 0.224 e. The van der Waals surface area contributed by atoms with E-state index in [1.54, 1.807) is 0 Å².